The lowest BCUT2D eigenvalue weighted by molar-refractivity contribution is 0.0696. The molecule has 1 aliphatic rings. The third-order valence-electron chi connectivity index (χ3n) is 5.14. The van der Waals surface area contributed by atoms with Crippen LogP contribution < -0.4 is 0 Å². The van der Waals surface area contributed by atoms with Crippen LogP contribution in [0.2, 0.25) is 5.02 Å². The van der Waals surface area contributed by atoms with Gasteiger partial charge in [-0.3, -0.25) is 9.78 Å². The SMILES string of the molecule is Cc1nc(-c2cccs2)ccc1C(=O)N1CCN(S(=O)(=O)c2ccc(F)c(Cl)c2)CC1. The van der Waals surface area contributed by atoms with E-state index < -0.39 is 15.8 Å². The number of sulfonamides is 1. The molecule has 3 aromatic rings. The van der Waals surface area contributed by atoms with E-state index >= 15 is 0 Å². The molecule has 0 spiro atoms. The summed E-state index contributed by atoms with van der Waals surface area (Å²) >= 11 is 7.31. The Labute approximate surface area is 189 Å². The molecule has 2 aromatic heterocycles. The predicted molar refractivity (Wildman–Crippen MR) is 118 cm³/mol. The molecule has 0 saturated carbocycles. The van der Waals surface area contributed by atoms with Gasteiger partial charge in [0.25, 0.3) is 5.91 Å². The van der Waals surface area contributed by atoms with E-state index in [4.69, 9.17) is 11.6 Å². The monoisotopic (exact) mass is 479 g/mol. The maximum Gasteiger partial charge on any atom is 0.255 e. The van der Waals surface area contributed by atoms with E-state index in [9.17, 15) is 17.6 Å². The van der Waals surface area contributed by atoms with Gasteiger partial charge in [-0.05, 0) is 48.7 Å². The van der Waals surface area contributed by atoms with Gasteiger partial charge in [-0.2, -0.15) is 4.31 Å². The van der Waals surface area contributed by atoms with E-state index in [1.807, 2.05) is 23.6 Å². The Morgan fingerprint density at radius 1 is 1.13 bits per heavy atom. The molecular weight excluding hydrogens is 461 g/mol. The van der Waals surface area contributed by atoms with Crippen LogP contribution in [0.1, 0.15) is 16.1 Å². The zero-order valence-electron chi connectivity index (χ0n) is 16.6. The summed E-state index contributed by atoms with van der Waals surface area (Å²) in [5.41, 5.74) is 1.95. The van der Waals surface area contributed by atoms with Crippen molar-refractivity contribution in [2.24, 2.45) is 0 Å². The highest BCUT2D eigenvalue weighted by Crippen LogP contribution is 2.26. The number of aromatic nitrogens is 1. The normalized spacial score (nSPS) is 15.3. The number of rotatable bonds is 4. The standard InChI is InChI=1S/C21H19ClFN3O3S2/c1-14-16(5-7-19(24-14)20-3-2-12-30-20)21(27)25-8-10-26(11-9-25)31(28,29)15-4-6-18(23)17(22)13-15/h2-7,12-13H,8-11H2,1H3. The zero-order chi connectivity index (χ0) is 22.2. The van der Waals surface area contributed by atoms with E-state index in [0.717, 1.165) is 22.7 Å². The van der Waals surface area contributed by atoms with Crippen molar-refractivity contribution in [2.75, 3.05) is 26.2 Å². The first-order valence-corrected chi connectivity index (χ1v) is 12.2. The molecule has 1 fully saturated rings. The molecule has 3 heterocycles. The Hall–Kier alpha value is -2.33. The van der Waals surface area contributed by atoms with Gasteiger partial charge in [0, 0.05) is 26.2 Å². The molecule has 1 aromatic carbocycles. The summed E-state index contributed by atoms with van der Waals surface area (Å²) in [6.07, 6.45) is 0. The number of benzene rings is 1. The first-order valence-electron chi connectivity index (χ1n) is 9.53. The third kappa shape index (κ3) is 4.36. The maximum absolute atomic E-state index is 13.4. The Morgan fingerprint density at radius 2 is 1.87 bits per heavy atom. The van der Waals surface area contributed by atoms with Gasteiger partial charge >= 0.3 is 0 Å². The minimum Gasteiger partial charge on any atom is -0.336 e. The van der Waals surface area contributed by atoms with Crippen molar-refractivity contribution in [2.45, 2.75) is 11.8 Å². The molecule has 162 valence electrons. The topological polar surface area (TPSA) is 70.6 Å². The molecule has 1 aliphatic heterocycles. The molecule has 0 bridgehead atoms. The molecule has 0 radical (unpaired) electrons. The highest BCUT2D eigenvalue weighted by molar-refractivity contribution is 7.89. The number of carbonyl (C=O) groups is 1. The minimum absolute atomic E-state index is 0.0668. The number of amides is 1. The van der Waals surface area contributed by atoms with Gasteiger partial charge in [-0.15, -0.1) is 11.3 Å². The van der Waals surface area contributed by atoms with Crippen LogP contribution in [0, 0.1) is 12.7 Å². The number of nitrogens with zero attached hydrogens (tertiary/aromatic N) is 3. The summed E-state index contributed by atoms with van der Waals surface area (Å²) in [5, 5.41) is 1.72. The summed E-state index contributed by atoms with van der Waals surface area (Å²) in [4.78, 5) is 20.1. The van der Waals surface area contributed by atoms with Gasteiger partial charge in [0.1, 0.15) is 5.82 Å². The molecule has 0 N–H and O–H groups in total. The number of carbonyl (C=O) groups excluding carboxylic acids is 1. The highest BCUT2D eigenvalue weighted by atomic mass is 35.5. The third-order valence-corrected chi connectivity index (χ3v) is 8.22. The minimum atomic E-state index is -3.82. The Bertz CT molecular complexity index is 1220. The van der Waals surface area contributed by atoms with Crippen molar-refractivity contribution in [3.63, 3.8) is 0 Å². The average Bonchev–Trinajstić information content (AvgIpc) is 3.30. The number of hydrogen-bond acceptors (Lipinski definition) is 5. The molecule has 0 atom stereocenters. The molecule has 0 unspecified atom stereocenters. The Balaban J connectivity index is 1.46. The fraction of sp³-hybridized carbons (Fsp3) is 0.238. The highest BCUT2D eigenvalue weighted by Gasteiger charge is 2.31. The lowest BCUT2D eigenvalue weighted by Crippen LogP contribution is -2.50. The molecule has 0 aliphatic carbocycles. The molecule has 10 heteroatoms. The van der Waals surface area contributed by atoms with E-state index in [0.29, 0.717) is 11.3 Å². The van der Waals surface area contributed by atoms with E-state index in [-0.39, 0.29) is 42.0 Å². The number of piperazine rings is 1. The second-order valence-electron chi connectivity index (χ2n) is 7.08. The summed E-state index contributed by atoms with van der Waals surface area (Å²) in [5.74, 6) is -0.852. The van der Waals surface area contributed by atoms with Crippen molar-refractivity contribution in [1.29, 1.82) is 0 Å². The number of halogens is 2. The Kier molecular flexibility index (Phi) is 6.11. The molecule has 31 heavy (non-hydrogen) atoms. The van der Waals surface area contributed by atoms with Gasteiger partial charge < -0.3 is 4.90 Å². The lowest BCUT2D eigenvalue weighted by atomic mass is 10.1. The van der Waals surface area contributed by atoms with Gasteiger partial charge in [-0.1, -0.05) is 17.7 Å². The van der Waals surface area contributed by atoms with E-state index in [1.165, 1.54) is 10.4 Å². The number of pyridine rings is 1. The summed E-state index contributed by atoms with van der Waals surface area (Å²) in [6.45, 7) is 2.58. The van der Waals surface area contributed by atoms with Crippen LogP contribution in [0.3, 0.4) is 0 Å². The van der Waals surface area contributed by atoms with Crippen molar-refractivity contribution in [1.82, 2.24) is 14.2 Å². The second kappa shape index (κ2) is 8.66. The molecular formula is C21H19ClFN3O3S2. The van der Waals surface area contributed by atoms with Crippen molar-refractivity contribution < 1.29 is 17.6 Å². The van der Waals surface area contributed by atoms with Crippen LogP contribution in [0.4, 0.5) is 4.39 Å². The van der Waals surface area contributed by atoms with E-state index in [1.54, 1.807) is 29.2 Å². The first-order chi connectivity index (χ1) is 14.8. The predicted octanol–water partition coefficient (Wildman–Crippen LogP) is 4.06. The number of hydrogen-bond donors (Lipinski definition) is 0. The van der Waals surface area contributed by atoms with Gasteiger partial charge in [0.2, 0.25) is 10.0 Å². The van der Waals surface area contributed by atoms with Crippen LogP contribution in [0.25, 0.3) is 10.6 Å². The first kappa shape index (κ1) is 21.9. The zero-order valence-corrected chi connectivity index (χ0v) is 19.0. The molecule has 1 saturated heterocycles. The summed E-state index contributed by atoms with van der Waals surface area (Å²) in [7, 11) is -3.82. The largest absolute Gasteiger partial charge is 0.336 e. The number of thiophene rings is 1. The van der Waals surface area contributed by atoms with Crippen LogP contribution >= 0.6 is 22.9 Å². The van der Waals surface area contributed by atoms with Crippen LogP contribution in [-0.4, -0.2) is 54.7 Å². The number of aryl methyl sites for hydroxylation is 1. The van der Waals surface area contributed by atoms with E-state index in [2.05, 4.69) is 4.98 Å². The fourth-order valence-electron chi connectivity index (χ4n) is 3.44. The van der Waals surface area contributed by atoms with Crippen molar-refractivity contribution >= 4 is 38.9 Å². The van der Waals surface area contributed by atoms with Crippen LogP contribution in [-0.2, 0) is 10.0 Å². The Morgan fingerprint density at radius 3 is 2.48 bits per heavy atom. The smallest absolute Gasteiger partial charge is 0.255 e. The quantitative estimate of drug-likeness (QED) is 0.566. The molecule has 6 nitrogen and oxygen atoms in total. The second-order valence-corrected chi connectivity index (χ2v) is 10.4. The molecule has 1 amide bonds. The van der Waals surface area contributed by atoms with Crippen LogP contribution in [0.5, 0.6) is 0 Å². The fourth-order valence-corrected chi connectivity index (χ4v) is 5.83. The lowest BCUT2D eigenvalue weighted by Gasteiger charge is -2.34. The van der Waals surface area contributed by atoms with Gasteiger partial charge in [0.15, 0.2) is 0 Å². The summed E-state index contributed by atoms with van der Waals surface area (Å²) in [6, 6.07) is 10.8. The molecule has 4 rings (SSSR count). The van der Waals surface area contributed by atoms with Crippen molar-refractivity contribution in [3.8, 4) is 10.6 Å². The van der Waals surface area contributed by atoms with Crippen molar-refractivity contribution in [3.05, 3.63) is 69.9 Å². The van der Waals surface area contributed by atoms with Gasteiger partial charge in [-0.25, -0.2) is 12.8 Å². The van der Waals surface area contributed by atoms with Gasteiger partial charge in [0.05, 0.1) is 31.7 Å². The maximum atomic E-state index is 13.4. The summed E-state index contributed by atoms with van der Waals surface area (Å²) < 4.78 is 40.3. The average molecular weight is 480 g/mol. The van der Waals surface area contributed by atoms with Crippen LogP contribution in [0.15, 0.2) is 52.7 Å².